The lowest BCUT2D eigenvalue weighted by atomic mass is 10.3. The molecule has 16 heavy (non-hydrogen) atoms. The smallest absolute Gasteiger partial charge is 0.257 e. The number of aryl methyl sites for hydroxylation is 1. The van der Waals surface area contributed by atoms with Gasteiger partial charge >= 0.3 is 0 Å². The van der Waals surface area contributed by atoms with Gasteiger partial charge in [-0.2, -0.15) is 5.10 Å². The summed E-state index contributed by atoms with van der Waals surface area (Å²) >= 11 is 11.5. The lowest BCUT2D eigenvalue weighted by molar-refractivity contribution is 0.108. The molecular weight excluding hydrogens is 247 g/mol. The minimum absolute atomic E-state index is 0.240. The van der Waals surface area contributed by atoms with E-state index in [-0.39, 0.29) is 10.7 Å². The highest BCUT2D eigenvalue weighted by molar-refractivity contribution is 6.68. The number of hydrogen-bond donors (Lipinski definition) is 0. The Morgan fingerprint density at radius 2 is 1.94 bits per heavy atom. The maximum absolute atomic E-state index is 11.2. The molecule has 0 bridgehead atoms. The fourth-order valence-electron chi connectivity index (χ4n) is 1.46. The van der Waals surface area contributed by atoms with E-state index in [0.29, 0.717) is 5.69 Å². The zero-order valence-electron chi connectivity index (χ0n) is 8.45. The maximum atomic E-state index is 11.2. The Morgan fingerprint density at radius 3 is 2.44 bits per heavy atom. The van der Waals surface area contributed by atoms with E-state index >= 15 is 0 Å². The van der Waals surface area contributed by atoms with Crippen LogP contribution < -0.4 is 0 Å². The Bertz CT molecular complexity index is 534. The first-order valence-electron chi connectivity index (χ1n) is 4.61. The average Bonchev–Trinajstić information content (AvgIpc) is 2.55. The van der Waals surface area contributed by atoms with Crippen LogP contribution in [0.15, 0.2) is 30.3 Å². The summed E-state index contributed by atoms with van der Waals surface area (Å²) in [6, 6.07) is 9.32. The fourth-order valence-corrected chi connectivity index (χ4v) is 2.10. The van der Waals surface area contributed by atoms with Crippen LogP contribution in [-0.2, 0) is 0 Å². The van der Waals surface area contributed by atoms with Gasteiger partial charge < -0.3 is 0 Å². The van der Waals surface area contributed by atoms with Crippen LogP contribution in [0.3, 0.4) is 0 Å². The van der Waals surface area contributed by atoms with Crippen LogP contribution in [-0.4, -0.2) is 15.0 Å². The molecule has 0 unspecified atom stereocenters. The van der Waals surface area contributed by atoms with E-state index in [1.165, 1.54) is 4.68 Å². The zero-order valence-corrected chi connectivity index (χ0v) is 9.96. The molecule has 1 aromatic heterocycles. The summed E-state index contributed by atoms with van der Waals surface area (Å²) in [7, 11) is 0. The van der Waals surface area contributed by atoms with Crippen LogP contribution in [0.2, 0.25) is 5.15 Å². The molecule has 0 amide bonds. The Labute approximate surface area is 103 Å². The zero-order chi connectivity index (χ0) is 11.7. The molecule has 0 fully saturated rings. The molecule has 0 N–H and O–H groups in total. The predicted molar refractivity (Wildman–Crippen MR) is 63.5 cm³/mol. The number of hydrogen-bond acceptors (Lipinski definition) is 2. The van der Waals surface area contributed by atoms with Gasteiger partial charge in [-0.3, -0.25) is 4.79 Å². The molecule has 0 aliphatic heterocycles. The number of rotatable bonds is 2. The third kappa shape index (κ3) is 1.84. The maximum Gasteiger partial charge on any atom is 0.257 e. The van der Waals surface area contributed by atoms with Gasteiger partial charge in [0.2, 0.25) is 0 Å². The van der Waals surface area contributed by atoms with Gasteiger partial charge in [-0.1, -0.05) is 29.8 Å². The molecule has 0 saturated carbocycles. The summed E-state index contributed by atoms with van der Waals surface area (Å²) in [6.45, 7) is 1.70. The van der Waals surface area contributed by atoms with Gasteiger partial charge in [0.15, 0.2) is 0 Å². The number of carbonyl (C=O) groups excluding carboxylic acids is 1. The highest BCUT2D eigenvalue weighted by Gasteiger charge is 2.19. The predicted octanol–water partition coefficient (Wildman–Crippen LogP) is 3.21. The van der Waals surface area contributed by atoms with Crippen LogP contribution in [0.1, 0.15) is 16.1 Å². The largest absolute Gasteiger partial charge is 0.275 e. The minimum atomic E-state index is -0.593. The van der Waals surface area contributed by atoms with E-state index in [9.17, 15) is 4.79 Å². The molecule has 1 heterocycles. The molecule has 2 rings (SSSR count). The SMILES string of the molecule is Cc1nn(-c2ccccc2)c(Cl)c1C(=O)Cl. The van der Waals surface area contributed by atoms with E-state index < -0.39 is 5.24 Å². The number of carbonyl (C=O) groups is 1. The van der Waals surface area contributed by atoms with E-state index in [1.54, 1.807) is 6.92 Å². The number of para-hydroxylation sites is 1. The highest BCUT2D eigenvalue weighted by Crippen LogP contribution is 2.24. The van der Waals surface area contributed by atoms with Crippen molar-refractivity contribution in [3.63, 3.8) is 0 Å². The normalized spacial score (nSPS) is 10.4. The van der Waals surface area contributed by atoms with Crippen molar-refractivity contribution >= 4 is 28.4 Å². The van der Waals surface area contributed by atoms with Crippen molar-refractivity contribution in [1.82, 2.24) is 9.78 Å². The van der Waals surface area contributed by atoms with E-state index in [4.69, 9.17) is 23.2 Å². The lowest BCUT2D eigenvalue weighted by Gasteiger charge is -2.01. The molecule has 0 spiro atoms. The Hall–Kier alpha value is -1.32. The second-order valence-corrected chi connectivity index (χ2v) is 3.97. The number of benzene rings is 1. The molecule has 82 valence electrons. The summed E-state index contributed by atoms with van der Waals surface area (Å²) in [6.07, 6.45) is 0. The molecule has 3 nitrogen and oxygen atoms in total. The summed E-state index contributed by atoms with van der Waals surface area (Å²) in [5.41, 5.74) is 1.57. The van der Waals surface area contributed by atoms with Crippen molar-refractivity contribution in [2.45, 2.75) is 6.92 Å². The number of halogens is 2. The average molecular weight is 255 g/mol. The van der Waals surface area contributed by atoms with Crippen LogP contribution in [0.5, 0.6) is 0 Å². The minimum Gasteiger partial charge on any atom is -0.275 e. The molecule has 0 aliphatic carbocycles. The van der Waals surface area contributed by atoms with Gasteiger partial charge in [0.25, 0.3) is 5.24 Å². The van der Waals surface area contributed by atoms with E-state index in [2.05, 4.69) is 5.10 Å². The van der Waals surface area contributed by atoms with Crippen LogP contribution >= 0.6 is 23.2 Å². The van der Waals surface area contributed by atoms with Crippen molar-refractivity contribution in [2.75, 3.05) is 0 Å². The van der Waals surface area contributed by atoms with Crippen LogP contribution in [0.4, 0.5) is 0 Å². The summed E-state index contributed by atoms with van der Waals surface area (Å²) in [5.74, 6) is 0. The summed E-state index contributed by atoms with van der Waals surface area (Å²) in [4.78, 5) is 11.2. The van der Waals surface area contributed by atoms with Crippen molar-refractivity contribution in [1.29, 1.82) is 0 Å². The first-order valence-corrected chi connectivity index (χ1v) is 5.37. The van der Waals surface area contributed by atoms with Crippen LogP contribution in [0, 0.1) is 6.92 Å². The first-order chi connectivity index (χ1) is 7.61. The third-order valence-corrected chi connectivity index (χ3v) is 2.74. The molecule has 5 heteroatoms. The molecular formula is C11H8Cl2N2O. The van der Waals surface area contributed by atoms with Crippen molar-refractivity contribution in [2.24, 2.45) is 0 Å². The van der Waals surface area contributed by atoms with E-state index in [1.807, 2.05) is 30.3 Å². The lowest BCUT2D eigenvalue weighted by Crippen LogP contribution is -1.96. The van der Waals surface area contributed by atoms with Gasteiger partial charge in [-0.25, -0.2) is 4.68 Å². The Morgan fingerprint density at radius 1 is 1.31 bits per heavy atom. The van der Waals surface area contributed by atoms with Crippen molar-refractivity contribution in [3.8, 4) is 5.69 Å². The standard InChI is InChI=1S/C11H8Cl2N2O/c1-7-9(11(13)16)10(12)15(14-7)8-5-3-2-4-6-8/h2-6H,1H3. The molecule has 0 atom stereocenters. The molecule has 2 aromatic rings. The van der Waals surface area contributed by atoms with Gasteiger partial charge in [0.05, 0.1) is 16.9 Å². The van der Waals surface area contributed by atoms with Gasteiger partial charge in [-0.05, 0) is 30.7 Å². The molecule has 0 saturated heterocycles. The molecule has 0 radical (unpaired) electrons. The molecule has 0 aliphatic rings. The third-order valence-electron chi connectivity index (χ3n) is 2.20. The van der Waals surface area contributed by atoms with Crippen LogP contribution in [0.25, 0.3) is 5.69 Å². The monoisotopic (exact) mass is 254 g/mol. The summed E-state index contributed by atoms with van der Waals surface area (Å²) < 4.78 is 1.49. The summed E-state index contributed by atoms with van der Waals surface area (Å²) in [5, 5.41) is 3.83. The second-order valence-electron chi connectivity index (χ2n) is 3.27. The van der Waals surface area contributed by atoms with Gasteiger partial charge in [-0.15, -0.1) is 0 Å². The number of nitrogens with zero attached hydrogens (tertiary/aromatic N) is 2. The quantitative estimate of drug-likeness (QED) is 0.772. The first kappa shape index (κ1) is 11.2. The molecule has 1 aromatic carbocycles. The second kappa shape index (κ2) is 4.28. The topological polar surface area (TPSA) is 34.9 Å². The van der Waals surface area contributed by atoms with Gasteiger partial charge in [0, 0.05) is 0 Å². The fraction of sp³-hybridized carbons (Fsp3) is 0.0909. The van der Waals surface area contributed by atoms with Crippen molar-refractivity contribution < 1.29 is 4.79 Å². The number of aromatic nitrogens is 2. The van der Waals surface area contributed by atoms with Gasteiger partial charge in [0.1, 0.15) is 5.15 Å². The Kier molecular flexibility index (Phi) is 2.99. The highest BCUT2D eigenvalue weighted by atomic mass is 35.5. The van der Waals surface area contributed by atoms with E-state index in [0.717, 1.165) is 5.69 Å². The van der Waals surface area contributed by atoms with Crippen molar-refractivity contribution in [3.05, 3.63) is 46.7 Å². The Balaban J connectivity index is 2.61.